The summed E-state index contributed by atoms with van der Waals surface area (Å²) >= 11 is 1.67. The molecule has 1 aromatic heterocycles. The van der Waals surface area contributed by atoms with E-state index in [1.165, 1.54) is 16.7 Å². The van der Waals surface area contributed by atoms with Crippen molar-refractivity contribution in [3.05, 3.63) is 53.2 Å². The average Bonchev–Trinajstić information content (AvgIpc) is 2.77. The van der Waals surface area contributed by atoms with Crippen LogP contribution in [-0.2, 0) is 6.54 Å². The third kappa shape index (κ3) is 5.34. The van der Waals surface area contributed by atoms with E-state index in [-0.39, 0.29) is 0 Å². The van der Waals surface area contributed by atoms with Crippen molar-refractivity contribution in [2.24, 2.45) is 0 Å². The van der Waals surface area contributed by atoms with Crippen LogP contribution < -0.4 is 4.74 Å². The van der Waals surface area contributed by atoms with Gasteiger partial charge in [-0.1, -0.05) is 12.1 Å². The minimum absolute atomic E-state index is 0.342. The molecule has 0 aliphatic carbocycles. The van der Waals surface area contributed by atoms with E-state index in [0.29, 0.717) is 25.4 Å². The van der Waals surface area contributed by atoms with Gasteiger partial charge in [0.15, 0.2) is 0 Å². The molecule has 2 aliphatic heterocycles. The number of halogens is 1. The largest absolute Gasteiger partial charge is 0.494 e. The standard InChI is InChI=1S/C24H32FN3OS/c1-27-16-19-14-21(29-13-3-10-28-11-8-20(25)9-12-28)5-6-22(19)23(17-27)18-4-7-24(30-2)26-15-18/h4-7,14-15,20,23H,3,8-13,16-17H2,1-2H3. The van der Waals surface area contributed by atoms with Crippen LogP contribution in [0.25, 0.3) is 0 Å². The highest BCUT2D eigenvalue weighted by molar-refractivity contribution is 7.98. The number of hydrogen-bond acceptors (Lipinski definition) is 5. The van der Waals surface area contributed by atoms with Gasteiger partial charge in [-0.2, -0.15) is 0 Å². The molecular weight excluding hydrogens is 397 g/mol. The van der Waals surface area contributed by atoms with Crippen LogP contribution in [0.3, 0.4) is 0 Å². The van der Waals surface area contributed by atoms with E-state index < -0.39 is 6.17 Å². The molecule has 4 nitrogen and oxygen atoms in total. The molecule has 1 fully saturated rings. The third-order valence-electron chi connectivity index (χ3n) is 6.20. The number of rotatable bonds is 7. The molecule has 162 valence electrons. The highest BCUT2D eigenvalue weighted by Gasteiger charge is 2.25. The van der Waals surface area contributed by atoms with E-state index in [4.69, 9.17) is 4.74 Å². The number of piperidine rings is 1. The number of aromatic nitrogens is 1. The molecule has 6 heteroatoms. The molecule has 3 heterocycles. The molecule has 2 aliphatic rings. The van der Waals surface area contributed by atoms with Crippen LogP contribution in [0, 0.1) is 0 Å². The second-order valence-corrected chi connectivity index (χ2v) is 9.29. The van der Waals surface area contributed by atoms with Crippen LogP contribution in [-0.4, -0.2) is 67.0 Å². The minimum atomic E-state index is -0.603. The summed E-state index contributed by atoms with van der Waals surface area (Å²) in [6, 6.07) is 10.9. The normalized spacial score (nSPS) is 20.8. The Kier molecular flexibility index (Phi) is 7.28. The lowest BCUT2D eigenvalue weighted by Gasteiger charge is -2.32. The van der Waals surface area contributed by atoms with Gasteiger partial charge in [-0.3, -0.25) is 0 Å². The van der Waals surface area contributed by atoms with Crippen LogP contribution in [0.1, 0.15) is 41.9 Å². The Balaban J connectivity index is 1.36. The number of hydrogen-bond donors (Lipinski definition) is 0. The molecule has 0 radical (unpaired) electrons. The number of ether oxygens (including phenoxy) is 1. The Labute approximate surface area is 183 Å². The Morgan fingerprint density at radius 2 is 2.03 bits per heavy atom. The van der Waals surface area contributed by atoms with Gasteiger partial charge >= 0.3 is 0 Å². The van der Waals surface area contributed by atoms with Crippen LogP contribution >= 0.6 is 11.8 Å². The second-order valence-electron chi connectivity index (χ2n) is 8.46. The average molecular weight is 430 g/mol. The lowest BCUT2D eigenvalue weighted by molar-refractivity contribution is 0.143. The first-order chi connectivity index (χ1) is 14.6. The molecular formula is C24H32FN3OS. The highest BCUT2D eigenvalue weighted by atomic mass is 32.2. The highest BCUT2D eigenvalue weighted by Crippen LogP contribution is 2.35. The molecule has 1 unspecified atom stereocenters. The molecule has 0 bridgehead atoms. The van der Waals surface area contributed by atoms with Crippen LogP contribution in [0.5, 0.6) is 5.75 Å². The minimum Gasteiger partial charge on any atom is -0.494 e. The van der Waals surface area contributed by atoms with Crippen LogP contribution in [0.4, 0.5) is 4.39 Å². The predicted molar refractivity (Wildman–Crippen MR) is 121 cm³/mol. The molecule has 4 rings (SSSR count). The Morgan fingerprint density at radius 3 is 2.77 bits per heavy atom. The van der Waals surface area contributed by atoms with Crippen molar-refractivity contribution >= 4 is 11.8 Å². The predicted octanol–water partition coefficient (Wildman–Crippen LogP) is 4.58. The Hall–Kier alpha value is -1.63. The molecule has 1 atom stereocenters. The fourth-order valence-corrected chi connectivity index (χ4v) is 4.88. The van der Waals surface area contributed by atoms with Crippen molar-refractivity contribution < 1.29 is 9.13 Å². The molecule has 1 aromatic carbocycles. The van der Waals surface area contributed by atoms with Gasteiger partial charge in [-0.05, 0) is 67.5 Å². The fraction of sp³-hybridized carbons (Fsp3) is 0.542. The van der Waals surface area contributed by atoms with E-state index in [0.717, 1.165) is 49.9 Å². The Morgan fingerprint density at radius 1 is 1.20 bits per heavy atom. The van der Waals surface area contributed by atoms with E-state index in [9.17, 15) is 4.39 Å². The number of likely N-dealkylation sites (tertiary alicyclic amines) is 1. The molecule has 30 heavy (non-hydrogen) atoms. The number of fused-ring (bicyclic) bond motifs is 1. The molecule has 0 spiro atoms. The van der Waals surface area contributed by atoms with Gasteiger partial charge in [0.1, 0.15) is 11.9 Å². The molecule has 1 saturated heterocycles. The van der Waals surface area contributed by atoms with Crippen molar-refractivity contribution in [1.82, 2.24) is 14.8 Å². The molecule has 0 saturated carbocycles. The first-order valence-electron chi connectivity index (χ1n) is 10.9. The summed E-state index contributed by atoms with van der Waals surface area (Å²) in [5.74, 6) is 1.29. The topological polar surface area (TPSA) is 28.6 Å². The van der Waals surface area contributed by atoms with Gasteiger partial charge in [0.25, 0.3) is 0 Å². The summed E-state index contributed by atoms with van der Waals surface area (Å²) in [6.45, 7) is 5.39. The van der Waals surface area contributed by atoms with Crippen molar-refractivity contribution in [2.45, 2.75) is 42.9 Å². The van der Waals surface area contributed by atoms with Gasteiger partial charge in [0.05, 0.1) is 11.6 Å². The van der Waals surface area contributed by atoms with E-state index in [2.05, 4.69) is 58.4 Å². The van der Waals surface area contributed by atoms with E-state index in [1.54, 1.807) is 11.8 Å². The van der Waals surface area contributed by atoms with Crippen LogP contribution in [0.15, 0.2) is 41.6 Å². The zero-order chi connectivity index (χ0) is 20.9. The number of nitrogens with zero attached hydrogens (tertiary/aromatic N) is 3. The fourth-order valence-electron chi connectivity index (χ4n) is 4.52. The van der Waals surface area contributed by atoms with Gasteiger partial charge < -0.3 is 14.5 Å². The summed E-state index contributed by atoms with van der Waals surface area (Å²) in [4.78, 5) is 9.29. The summed E-state index contributed by atoms with van der Waals surface area (Å²) in [7, 11) is 2.17. The maximum Gasteiger partial charge on any atom is 0.119 e. The van der Waals surface area contributed by atoms with Crippen LogP contribution in [0.2, 0.25) is 0 Å². The summed E-state index contributed by atoms with van der Waals surface area (Å²) < 4.78 is 19.3. The summed E-state index contributed by atoms with van der Waals surface area (Å²) in [6.07, 6.45) is 5.80. The monoisotopic (exact) mass is 429 g/mol. The second kappa shape index (κ2) is 10.1. The zero-order valence-corrected chi connectivity index (χ0v) is 18.8. The van der Waals surface area contributed by atoms with Crippen molar-refractivity contribution in [1.29, 1.82) is 0 Å². The Bertz CT molecular complexity index is 824. The van der Waals surface area contributed by atoms with Crippen molar-refractivity contribution in [3.63, 3.8) is 0 Å². The maximum atomic E-state index is 13.2. The summed E-state index contributed by atoms with van der Waals surface area (Å²) in [5.41, 5.74) is 3.99. The van der Waals surface area contributed by atoms with Crippen molar-refractivity contribution in [3.8, 4) is 5.75 Å². The lowest BCUT2D eigenvalue weighted by Crippen LogP contribution is -2.35. The number of thioether (sulfide) groups is 1. The number of alkyl halides is 1. The van der Waals surface area contributed by atoms with Gasteiger partial charge in [-0.15, -0.1) is 11.8 Å². The third-order valence-corrected chi connectivity index (χ3v) is 6.86. The number of benzene rings is 1. The maximum absolute atomic E-state index is 13.2. The van der Waals surface area contributed by atoms with Gasteiger partial charge in [0, 0.05) is 44.8 Å². The summed E-state index contributed by atoms with van der Waals surface area (Å²) in [5, 5.41) is 1.06. The number of likely N-dealkylation sites (N-methyl/N-ethyl adjacent to an activating group) is 1. The quantitative estimate of drug-likeness (QED) is 0.474. The first-order valence-corrected chi connectivity index (χ1v) is 12.2. The van der Waals surface area contributed by atoms with E-state index >= 15 is 0 Å². The van der Waals surface area contributed by atoms with Gasteiger partial charge in [0.2, 0.25) is 0 Å². The molecule has 0 amide bonds. The smallest absolute Gasteiger partial charge is 0.119 e. The zero-order valence-electron chi connectivity index (χ0n) is 18.0. The van der Waals surface area contributed by atoms with Crippen molar-refractivity contribution in [2.75, 3.05) is 46.1 Å². The molecule has 2 aromatic rings. The first kappa shape index (κ1) is 21.6. The molecule has 0 N–H and O–H groups in total. The van der Waals surface area contributed by atoms with Gasteiger partial charge in [-0.25, -0.2) is 9.37 Å². The van der Waals surface area contributed by atoms with E-state index in [1.807, 2.05) is 6.20 Å². The lowest BCUT2D eigenvalue weighted by atomic mass is 9.85. The SMILES string of the molecule is CSc1ccc(C2CN(C)Cc3cc(OCCCN4CCC(F)CC4)ccc32)cn1. The number of pyridine rings is 1.